The summed E-state index contributed by atoms with van der Waals surface area (Å²) >= 11 is 0. The molecule has 0 unspecified atom stereocenters. The standard InChI is InChI=1S/C17H24N8O/c26-16-13-23(8-2-7-18-16)11-14-12-25(22-21-14)15-3-9-24(10-4-15)17-19-5-1-6-20-17/h1,5-6,12,15H,2-4,7-11,13H2,(H,18,26). The van der Waals surface area contributed by atoms with Crippen molar-refractivity contribution in [1.29, 1.82) is 0 Å². The summed E-state index contributed by atoms with van der Waals surface area (Å²) in [6, 6.07) is 2.19. The van der Waals surface area contributed by atoms with E-state index in [1.54, 1.807) is 12.4 Å². The highest BCUT2D eigenvalue weighted by Gasteiger charge is 2.23. The quantitative estimate of drug-likeness (QED) is 0.838. The Morgan fingerprint density at radius 2 is 1.96 bits per heavy atom. The molecule has 0 saturated carbocycles. The van der Waals surface area contributed by atoms with Crippen LogP contribution in [0.4, 0.5) is 5.95 Å². The Kier molecular flexibility index (Phi) is 5.05. The highest BCUT2D eigenvalue weighted by molar-refractivity contribution is 5.78. The third-order valence-corrected chi connectivity index (χ3v) is 4.96. The van der Waals surface area contributed by atoms with Gasteiger partial charge in [0, 0.05) is 45.1 Å². The molecule has 0 bridgehead atoms. The number of amides is 1. The molecule has 0 atom stereocenters. The molecule has 138 valence electrons. The van der Waals surface area contributed by atoms with Crippen molar-refractivity contribution in [2.24, 2.45) is 0 Å². The van der Waals surface area contributed by atoms with Gasteiger partial charge >= 0.3 is 0 Å². The van der Waals surface area contributed by atoms with Crippen molar-refractivity contribution in [2.75, 3.05) is 37.6 Å². The van der Waals surface area contributed by atoms with Gasteiger partial charge in [-0.05, 0) is 25.3 Å². The zero-order chi connectivity index (χ0) is 17.8. The predicted molar refractivity (Wildman–Crippen MR) is 95.4 cm³/mol. The molecular weight excluding hydrogens is 332 g/mol. The smallest absolute Gasteiger partial charge is 0.234 e. The van der Waals surface area contributed by atoms with Gasteiger partial charge in [0.05, 0.1) is 24.5 Å². The Balaban J connectivity index is 1.33. The number of nitrogens with one attached hydrogen (secondary N) is 1. The third kappa shape index (κ3) is 3.98. The van der Waals surface area contributed by atoms with E-state index >= 15 is 0 Å². The molecule has 9 heteroatoms. The van der Waals surface area contributed by atoms with Crippen molar-refractivity contribution < 1.29 is 4.79 Å². The Morgan fingerprint density at radius 1 is 1.15 bits per heavy atom. The van der Waals surface area contributed by atoms with Gasteiger partial charge in [-0.25, -0.2) is 14.6 Å². The molecule has 2 fully saturated rings. The van der Waals surface area contributed by atoms with Crippen LogP contribution in [0.25, 0.3) is 0 Å². The van der Waals surface area contributed by atoms with E-state index in [0.717, 1.165) is 57.1 Å². The number of anilines is 1. The minimum atomic E-state index is 0.0883. The van der Waals surface area contributed by atoms with Crippen molar-refractivity contribution >= 4 is 11.9 Å². The normalized spacial score (nSPS) is 20.0. The summed E-state index contributed by atoms with van der Waals surface area (Å²) in [5.74, 6) is 0.884. The van der Waals surface area contributed by atoms with Gasteiger partial charge < -0.3 is 10.2 Å². The summed E-state index contributed by atoms with van der Waals surface area (Å²) < 4.78 is 1.98. The molecule has 2 aliphatic rings. The Morgan fingerprint density at radius 3 is 2.77 bits per heavy atom. The van der Waals surface area contributed by atoms with Crippen LogP contribution in [-0.4, -0.2) is 68.5 Å². The first kappa shape index (κ1) is 16.9. The van der Waals surface area contributed by atoms with Crippen LogP contribution in [0.15, 0.2) is 24.7 Å². The van der Waals surface area contributed by atoms with Gasteiger partial charge in [-0.1, -0.05) is 5.21 Å². The number of carbonyl (C=O) groups is 1. The summed E-state index contributed by atoms with van der Waals surface area (Å²) in [4.78, 5) is 24.7. The molecule has 4 rings (SSSR count). The second-order valence-electron chi connectivity index (χ2n) is 6.87. The number of nitrogens with zero attached hydrogens (tertiary/aromatic N) is 7. The van der Waals surface area contributed by atoms with Crippen LogP contribution in [0, 0.1) is 0 Å². The van der Waals surface area contributed by atoms with Crippen LogP contribution >= 0.6 is 0 Å². The highest BCUT2D eigenvalue weighted by Crippen LogP contribution is 2.24. The molecule has 2 aliphatic heterocycles. The number of aromatic nitrogens is 5. The van der Waals surface area contributed by atoms with Crippen LogP contribution in [0.1, 0.15) is 31.0 Å². The maximum atomic E-state index is 11.7. The average Bonchev–Trinajstić information content (AvgIpc) is 3.04. The first-order chi connectivity index (χ1) is 12.8. The first-order valence-corrected chi connectivity index (χ1v) is 9.19. The van der Waals surface area contributed by atoms with Crippen LogP contribution in [-0.2, 0) is 11.3 Å². The molecule has 2 saturated heterocycles. The monoisotopic (exact) mass is 356 g/mol. The van der Waals surface area contributed by atoms with E-state index in [1.807, 2.05) is 16.9 Å². The maximum Gasteiger partial charge on any atom is 0.234 e. The van der Waals surface area contributed by atoms with Gasteiger partial charge in [0.25, 0.3) is 0 Å². The lowest BCUT2D eigenvalue weighted by molar-refractivity contribution is -0.121. The fraction of sp³-hybridized carbons (Fsp3) is 0.588. The van der Waals surface area contributed by atoms with E-state index in [-0.39, 0.29) is 5.91 Å². The summed E-state index contributed by atoms with van der Waals surface area (Å²) in [5.41, 5.74) is 0.925. The van der Waals surface area contributed by atoms with Crippen molar-refractivity contribution in [3.05, 3.63) is 30.4 Å². The molecular formula is C17H24N8O. The van der Waals surface area contributed by atoms with Gasteiger partial charge in [-0.2, -0.15) is 0 Å². The molecule has 2 aromatic heterocycles. The SMILES string of the molecule is O=C1CN(Cc2cn(C3CCN(c4ncccn4)CC3)nn2)CCCN1. The summed E-state index contributed by atoms with van der Waals surface area (Å²) in [7, 11) is 0. The lowest BCUT2D eigenvalue weighted by Crippen LogP contribution is -2.35. The highest BCUT2D eigenvalue weighted by atomic mass is 16.2. The summed E-state index contributed by atoms with van der Waals surface area (Å²) in [6.45, 7) is 4.59. The van der Waals surface area contributed by atoms with E-state index in [4.69, 9.17) is 0 Å². The lowest BCUT2D eigenvalue weighted by atomic mass is 10.1. The third-order valence-electron chi connectivity index (χ3n) is 4.96. The number of rotatable bonds is 4. The minimum absolute atomic E-state index is 0.0883. The maximum absolute atomic E-state index is 11.7. The Hall–Kier alpha value is -2.55. The average molecular weight is 356 g/mol. The fourth-order valence-electron chi connectivity index (χ4n) is 3.58. The number of hydrogen-bond donors (Lipinski definition) is 1. The molecule has 4 heterocycles. The molecule has 9 nitrogen and oxygen atoms in total. The van der Waals surface area contributed by atoms with E-state index in [2.05, 4.69) is 35.4 Å². The van der Waals surface area contributed by atoms with Gasteiger partial charge in [0.15, 0.2) is 0 Å². The molecule has 1 amide bonds. The first-order valence-electron chi connectivity index (χ1n) is 9.19. The van der Waals surface area contributed by atoms with Gasteiger partial charge in [0.1, 0.15) is 0 Å². The summed E-state index contributed by atoms with van der Waals surface area (Å²) in [5, 5.41) is 11.6. The van der Waals surface area contributed by atoms with E-state index < -0.39 is 0 Å². The topological polar surface area (TPSA) is 92.1 Å². The molecule has 0 radical (unpaired) electrons. The van der Waals surface area contributed by atoms with Gasteiger partial charge in [-0.3, -0.25) is 9.69 Å². The molecule has 0 spiro atoms. The van der Waals surface area contributed by atoms with Gasteiger partial charge in [0.2, 0.25) is 11.9 Å². The van der Waals surface area contributed by atoms with Crippen molar-refractivity contribution in [3.8, 4) is 0 Å². The molecule has 2 aromatic rings. The van der Waals surface area contributed by atoms with Crippen LogP contribution < -0.4 is 10.2 Å². The lowest BCUT2D eigenvalue weighted by Gasteiger charge is -2.31. The zero-order valence-corrected chi connectivity index (χ0v) is 14.8. The second-order valence-corrected chi connectivity index (χ2v) is 6.87. The summed E-state index contributed by atoms with van der Waals surface area (Å²) in [6.07, 6.45) is 8.55. The van der Waals surface area contributed by atoms with E-state index in [9.17, 15) is 4.79 Å². The van der Waals surface area contributed by atoms with Crippen molar-refractivity contribution in [2.45, 2.75) is 31.8 Å². The van der Waals surface area contributed by atoms with E-state index in [0.29, 0.717) is 19.1 Å². The molecule has 26 heavy (non-hydrogen) atoms. The number of hydrogen-bond acceptors (Lipinski definition) is 7. The van der Waals surface area contributed by atoms with Crippen molar-refractivity contribution in [3.63, 3.8) is 0 Å². The van der Waals surface area contributed by atoms with E-state index in [1.165, 1.54) is 0 Å². The molecule has 1 N–H and O–H groups in total. The molecule has 0 aromatic carbocycles. The Bertz CT molecular complexity index is 725. The minimum Gasteiger partial charge on any atom is -0.355 e. The van der Waals surface area contributed by atoms with Crippen molar-refractivity contribution in [1.82, 2.24) is 35.2 Å². The molecule has 0 aliphatic carbocycles. The number of carbonyl (C=O) groups excluding carboxylic acids is 1. The predicted octanol–water partition coefficient (Wildman–Crippen LogP) is 0.232. The van der Waals surface area contributed by atoms with Crippen LogP contribution in [0.3, 0.4) is 0 Å². The van der Waals surface area contributed by atoms with Crippen LogP contribution in [0.2, 0.25) is 0 Å². The second kappa shape index (κ2) is 7.77. The zero-order valence-electron chi connectivity index (χ0n) is 14.8. The van der Waals surface area contributed by atoms with Gasteiger partial charge in [-0.15, -0.1) is 5.10 Å². The largest absolute Gasteiger partial charge is 0.355 e. The fourth-order valence-corrected chi connectivity index (χ4v) is 3.58. The Labute approximate surface area is 152 Å². The van der Waals surface area contributed by atoms with Crippen LogP contribution in [0.5, 0.6) is 0 Å². The number of piperidine rings is 1.